The Morgan fingerprint density at radius 1 is 1.56 bits per heavy atom. The summed E-state index contributed by atoms with van der Waals surface area (Å²) in [6, 6.07) is 5.97. The predicted molar refractivity (Wildman–Crippen MR) is 72.6 cm³/mol. The number of benzene rings is 1. The fourth-order valence-corrected chi connectivity index (χ4v) is 2.77. The van der Waals surface area contributed by atoms with Crippen LogP contribution in [-0.2, 0) is 11.3 Å². The van der Waals surface area contributed by atoms with Crippen LogP contribution in [0.5, 0.6) is 5.75 Å². The Morgan fingerprint density at radius 2 is 2.44 bits per heavy atom. The first-order chi connectivity index (χ1) is 8.79. The van der Waals surface area contributed by atoms with Crippen molar-refractivity contribution in [1.29, 1.82) is 0 Å². The molecule has 0 radical (unpaired) electrons. The molecule has 1 fully saturated rings. The summed E-state index contributed by atoms with van der Waals surface area (Å²) >= 11 is 5.39. The van der Waals surface area contributed by atoms with Crippen LogP contribution in [0.1, 0.15) is 12.8 Å². The summed E-state index contributed by atoms with van der Waals surface area (Å²) < 4.78 is 13.8. The molecule has 2 heterocycles. The minimum atomic E-state index is 0.280. The Hall–Kier alpha value is -1.33. The number of aromatic amines is 1. The van der Waals surface area contributed by atoms with Crippen molar-refractivity contribution in [2.75, 3.05) is 13.7 Å². The molecular formula is C13H16N2O2S. The lowest BCUT2D eigenvalue weighted by atomic mass is 10.2. The van der Waals surface area contributed by atoms with Crippen molar-refractivity contribution in [2.45, 2.75) is 25.5 Å². The van der Waals surface area contributed by atoms with Crippen molar-refractivity contribution >= 4 is 23.3 Å². The molecule has 0 bridgehead atoms. The summed E-state index contributed by atoms with van der Waals surface area (Å²) in [6.07, 6.45) is 2.53. The van der Waals surface area contributed by atoms with Gasteiger partial charge in [0.15, 0.2) is 4.77 Å². The number of imidazole rings is 1. The second-order valence-corrected chi connectivity index (χ2v) is 4.92. The molecule has 2 aromatic rings. The molecule has 96 valence electrons. The van der Waals surface area contributed by atoms with Gasteiger partial charge in [-0.25, -0.2) is 0 Å². The highest BCUT2D eigenvalue weighted by atomic mass is 32.1. The first-order valence-electron chi connectivity index (χ1n) is 6.16. The first kappa shape index (κ1) is 11.7. The van der Waals surface area contributed by atoms with E-state index >= 15 is 0 Å². The highest BCUT2D eigenvalue weighted by Gasteiger charge is 2.18. The molecule has 1 aromatic heterocycles. The van der Waals surface area contributed by atoms with E-state index in [1.807, 2.05) is 12.1 Å². The Bertz CT molecular complexity index is 611. The van der Waals surface area contributed by atoms with E-state index in [1.54, 1.807) is 7.11 Å². The molecule has 1 aliphatic heterocycles. The quantitative estimate of drug-likeness (QED) is 0.866. The van der Waals surface area contributed by atoms with Crippen LogP contribution in [0.15, 0.2) is 18.2 Å². The highest BCUT2D eigenvalue weighted by Crippen LogP contribution is 2.25. The van der Waals surface area contributed by atoms with Gasteiger partial charge in [0.1, 0.15) is 11.3 Å². The van der Waals surface area contributed by atoms with E-state index in [-0.39, 0.29) is 6.10 Å². The third-order valence-electron chi connectivity index (χ3n) is 3.40. The number of rotatable bonds is 3. The average molecular weight is 264 g/mol. The van der Waals surface area contributed by atoms with Gasteiger partial charge >= 0.3 is 0 Å². The van der Waals surface area contributed by atoms with Crippen LogP contribution in [0.25, 0.3) is 11.0 Å². The van der Waals surface area contributed by atoms with Crippen molar-refractivity contribution in [1.82, 2.24) is 9.55 Å². The van der Waals surface area contributed by atoms with Crippen molar-refractivity contribution in [2.24, 2.45) is 0 Å². The number of nitrogens with zero attached hydrogens (tertiary/aromatic N) is 1. The number of hydrogen-bond acceptors (Lipinski definition) is 3. The standard InChI is InChI=1S/C13H16N2O2S/c1-16-11-6-2-5-10-12(11)14-13(18)15(10)8-9-4-3-7-17-9/h2,5-6,9H,3-4,7-8H2,1H3,(H,14,18). The maximum Gasteiger partial charge on any atom is 0.178 e. The van der Waals surface area contributed by atoms with Crippen molar-refractivity contribution in [3.63, 3.8) is 0 Å². The SMILES string of the molecule is COc1cccc2c1[nH]c(=S)n2CC1CCCO1. The third kappa shape index (κ3) is 1.93. The smallest absolute Gasteiger partial charge is 0.178 e. The summed E-state index contributed by atoms with van der Waals surface area (Å²) in [6.45, 7) is 1.68. The van der Waals surface area contributed by atoms with Crippen LogP contribution < -0.4 is 4.74 Å². The average Bonchev–Trinajstić information content (AvgIpc) is 2.99. The summed E-state index contributed by atoms with van der Waals surface area (Å²) in [5, 5.41) is 0. The van der Waals surface area contributed by atoms with E-state index in [2.05, 4.69) is 15.6 Å². The van der Waals surface area contributed by atoms with Crippen LogP contribution in [0, 0.1) is 4.77 Å². The van der Waals surface area contributed by atoms with Gasteiger partial charge < -0.3 is 19.0 Å². The van der Waals surface area contributed by atoms with Gasteiger partial charge in [0.25, 0.3) is 0 Å². The van der Waals surface area contributed by atoms with Gasteiger partial charge in [-0.3, -0.25) is 0 Å². The van der Waals surface area contributed by atoms with Crippen LogP contribution in [-0.4, -0.2) is 29.4 Å². The minimum Gasteiger partial charge on any atom is -0.494 e. The summed E-state index contributed by atoms with van der Waals surface area (Å²) in [7, 11) is 1.67. The predicted octanol–water partition coefficient (Wildman–Crippen LogP) is 2.89. The number of aromatic nitrogens is 2. The Labute approximate surface area is 111 Å². The molecule has 1 saturated heterocycles. The molecule has 3 rings (SSSR count). The molecular weight excluding hydrogens is 248 g/mol. The highest BCUT2D eigenvalue weighted by molar-refractivity contribution is 7.71. The fraction of sp³-hybridized carbons (Fsp3) is 0.462. The molecule has 4 nitrogen and oxygen atoms in total. The van der Waals surface area contributed by atoms with Gasteiger partial charge in [-0.15, -0.1) is 0 Å². The second-order valence-electron chi connectivity index (χ2n) is 4.53. The van der Waals surface area contributed by atoms with Crippen molar-refractivity contribution in [3.05, 3.63) is 23.0 Å². The van der Waals surface area contributed by atoms with Crippen LogP contribution >= 0.6 is 12.2 Å². The molecule has 1 aliphatic rings. The van der Waals surface area contributed by atoms with Gasteiger partial charge in [-0.2, -0.15) is 0 Å². The number of H-pyrrole nitrogens is 1. The zero-order valence-corrected chi connectivity index (χ0v) is 11.1. The molecule has 1 atom stereocenters. The normalized spacial score (nSPS) is 19.5. The summed E-state index contributed by atoms with van der Waals surface area (Å²) in [5.41, 5.74) is 2.04. The maximum atomic E-state index is 5.67. The number of hydrogen-bond donors (Lipinski definition) is 1. The zero-order valence-electron chi connectivity index (χ0n) is 10.3. The molecule has 18 heavy (non-hydrogen) atoms. The van der Waals surface area contributed by atoms with Gasteiger partial charge in [-0.1, -0.05) is 6.07 Å². The monoisotopic (exact) mass is 264 g/mol. The van der Waals surface area contributed by atoms with Crippen LogP contribution in [0.4, 0.5) is 0 Å². The number of para-hydroxylation sites is 1. The van der Waals surface area contributed by atoms with E-state index in [0.717, 1.165) is 47.5 Å². The maximum absolute atomic E-state index is 5.67. The van der Waals surface area contributed by atoms with Crippen molar-refractivity contribution in [3.8, 4) is 5.75 Å². The first-order valence-corrected chi connectivity index (χ1v) is 6.57. The Balaban J connectivity index is 2.05. The van der Waals surface area contributed by atoms with E-state index in [1.165, 1.54) is 0 Å². The second kappa shape index (κ2) is 4.74. The van der Waals surface area contributed by atoms with Gasteiger partial charge in [0.05, 0.1) is 25.3 Å². The van der Waals surface area contributed by atoms with E-state index in [9.17, 15) is 0 Å². The van der Waals surface area contributed by atoms with Crippen LogP contribution in [0.2, 0.25) is 0 Å². The summed E-state index contributed by atoms with van der Waals surface area (Å²) in [5.74, 6) is 0.824. The Kier molecular flexibility index (Phi) is 3.09. The number of nitrogens with one attached hydrogen (secondary N) is 1. The van der Waals surface area contributed by atoms with Gasteiger partial charge in [0, 0.05) is 6.61 Å². The third-order valence-corrected chi connectivity index (χ3v) is 3.72. The molecule has 1 N–H and O–H groups in total. The topological polar surface area (TPSA) is 39.2 Å². The summed E-state index contributed by atoms with van der Waals surface area (Å²) in [4.78, 5) is 3.22. The molecule has 0 saturated carbocycles. The van der Waals surface area contributed by atoms with Crippen LogP contribution in [0.3, 0.4) is 0 Å². The molecule has 1 unspecified atom stereocenters. The van der Waals surface area contributed by atoms with Gasteiger partial charge in [0.2, 0.25) is 0 Å². The molecule has 1 aromatic carbocycles. The molecule has 0 amide bonds. The number of methoxy groups -OCH3 is 1. The van der Waals surface area contributed by atoms with E-state index < -0.39 is 0 Å². The lowest BCUT2D eigenvalue weighted by Crippen LogP contribution is -2.14. The van der Waals surface area contributed by atoms with Crippen molar-refractivity contribution < 1.29 is 9.47 Å². The zero-order chi connectivity index (χ0) is 12.5. The fourth-order valence-electron chi connectivity index (χ4n) is 2.50. The number of ether oxygens (including phenoxy) is 2. The molecule has 0 aliphatic carbocycles. The molecule has 5 heteroatoms. The minimum absolute atomic E-state index is 0.280. The lowest BCUT2D eigenvalue weighted by molar-refractivity contribution is 0.0976. The Morgan fingerprint density at radius 3 is 3.17 bits per heavy atom. The van der Waals surface area contributed by atoms with E-state index in [0.29, 0.717) is 0 Å². The molecule has 0 spiro atoms. The lowest BCUT2D eigenvalue weighted by Gasteiger charge is -2.11. The largest absolute Gasteiger partial charge is 0.494 e. The van der Waals surface area contributed by atoms with Gasteiger partial charge in [-0.05, 0) is 37.2 Å². The van der Waals surface area contributed by atoms with E-state index in [4.69, 9.17) is 21.7 Å². The number of fused-ring (bicyclic) bond motifs is 1.